The van der Waals surface area contributed by atoms with Gasteiger partial charge in [-0.05, 0) is 25.1 Å². The number of ether oxygens (including phenoxy) is 1. The molecule has 0 aliphatic rings. The fourth-order valence-electron chi connectivity index (χ4n) is 2.14. The Morgan fingerprint density at radius 1 is 1.20 bits per heavy atom. The van der Waals surface area contributed by atoms with Gasteiger partial charge in [-0.3, -0.25) is 4.79 Å². The fourth-order valence-corrected chi connectivity index (χ4v) is 2.14. The Balaban J connectivity index is 2.45. The summed E-state index contributed by atoms with van der Waals surface area (Å²) >= 11 is 0. The maximum absolute atomic E-state index is 12.5. The highest BCUT2D eigenvalue weighted by Gasteiger charge is 2.14. The summed E-state index contributed by atoms with van der Waals surface area (Å²) in [4.78, 5) is 27.3. The van der Waals surface area contributed by atoms with Crippen LogP contribution >= 0.6 is 0 Å². The summed E-state index contributed by atoms with van der Waals surface area (Å²) in [5, 5.41) is 0.309. The van der Waals surface area contributed by atoms with Gasteiger partial charge < -0.3 is 14.1 Å². The number of hydrogen-bond acceptors (Lipinski definition) is 4. The lowest BCUT2D eigenvalue weighted by atomic mass is 10.2. The van der Waals surface area contributed by atoms with Gasteiger partial charge in [0.25, 0.3) is 5.56 Å². The van der Waals surface area contributed by atoms with Crippen LogP contribution in [-0.2, 0) is 0 Å². The molecule has 0 saturated heterocycles. The largest absolute Gasteiger partial charge is 0.496 e. The maximum Gasteiger partial charge on any atom is 0.335 e. The van der Waals surface area contributed by atoms with E-state index in [0.29, 0.717) is 22.4 Å². The highest BCUT2D eigenvalue weighted by molar-refractivity contribution is 5.84. The Morgan fingerprint density at radius 2 is 2.00 bits per heavy atom. The van der Waals surface area contributed by atoms with Gasteiger partial charge in [-0.2, -0.15) is 4.57 Å². The molecule has 20 heavy (non-hydrogen) atoms. The first-order valence-corrected chi connectivity index (χ1v) is 6.00. The molecule has 0 radical (unpaired) electrons. The summed E-state index contributed by atoms with van der Waals surface area (Å²) in [7, 11) is 1.47. The molecule has 0 unspecified atom stereocenters. The predicted octanol–water partition coefficient (Wildman–Crippen LogP) is 1.59. The van der Waals surface area contributed by atoms with Gasteiger partial charge in [0.15, 0.2) is 0 Å². The van der Waals surface area contributed by atoms with Crippen LogP contribution in [0.5, 0.6) is 5.75 Å². The van der Waals surface area contributed by atoms with Crippen LogP contribution in [0.25, 0.3) is 16.8 Å². The molecule has 102 valence electrons. The van der Waals surface area contributed by atoms with E-state index in [1.807, 2.05) is 0 Å². The molecule has 3 rings (SSSR count). The minimum atomic E-state index is -0.551. The minimum absolute atomic E-state index is 0.182. The lowest BCUT2D eigenvalue weighted by molar-refractivity contribution is 0.419. The van der Waals surface area contributed by atoms with Gasteiger partial charge in [-0.1, -0.05) is 6.07 Å². The quantitative estimate of drug-likeness (QED) is 0.768. The summed E-state index contributed by atoms with van der Waals surface area (Å²) in [5.74, 6) is 1.20. The SMILES string of the molecule is COc1cccc2[nH]c(=O)n(-c3ccc(C)o3)c(=O)c12. The van der Waals surface area contributed by atoms with E-state index in [-0.39, 0.29) is 5.88 Å². The van der Waals surface area contributed by atoms with Crippen molar-refractivity contribution in [3.63, 3.8) is 0 Å². The van der Waals surface area contributed by atoms with E-state index in [4.69, 9.17) is 9.15 Å². The van der Waals surface area contributed by atoms with Crippen LogP contribution < -0.4 is 16.0 Å². The average Bonchev–Trinajstić information content (AvgIpc) is 2.84. The van der Waals surface area contributed by atoms with Gasteiger partial charge in [0.2, 0.25) is 5.88 Å². The number of aryl methyl sites for hydroxylation is 1. The van der Waals surface area contributed by atoms with Crippen molar-refractivity contribution >= 4 is 10.9 Å². The normalized spacial score (nSPS) is 10.9. The van der Waals surface area contributed by atoms with Crippen molar-refractivity contribution in [1.82, 2.24) is 9.55 Å². The Kier molecular flexibility index (Phi) is 2.71. The molecular weight excluding hydrogens is 260 g/mol. The molecule has 6 nitrogen and oxygen atoms in total. The number of nitrogens with one attached hydrogen (secondary N) is 1. The molecule has 0 aliphatic carbocycles. The second-order valence-electron chi connectivity index (χ2n) is 4.34. The van der Waals surface area contributed by atoms with Gasteiger partial charge in [0.1, 0.15) is 16.9 Å². The summed E-state index contributed by atoms with van der Waals surface area (Å²) in [6, 6.07) is 8.29. The van der Waals surface area contributed by atoms with E-state index < -0.39 is 11.2 Å². The first-order valence-electron chi connectivity index (χ1n) is 6.00. The molecule has 2 aromatic heterocycles. The van der Waals surface area contributed by atoms with Crippen molar-refractivity contribution in [2.24, 2.45) is 0 Å². The summed E-state index contributed by atoms with van der Waals surface area (Å²) in [6.07, 6.45) is 0. The van der Waals surface area contributed by atoms with Crippen LogP contribution in [0.3, 0.4) is 0 Å². The Labute approximate surface area is 113 Å². The molecule has 0 amide bonds. The van der Waals surface area contributed by atoms with E-state index in [0.717, 1.165) is 4.57 Å². The second kappa shape index (κ2) is 4.41. The Bertz CT molecular complexity index is 901. The summed E-state index contributed by atoms with van der Waals surface area (Å²) in [5.41, 5.74) is -0.598. The highest BCUT2D eigenvalue weighted by Crippen LogP contribution is 2.20. The zero-order valence-electron chi connectivity index (χ0n) is 11.0. The number of furan rings is 1. The molecule has 0 bridgehead atoms. The molecule has 0 spiro atoms. The fraction of sp³-hybridized carbons (Fsp3) is 0.143. The molecule has 2 heterocycles. The first kappa shape index (κ1) is 12.3. The van der Waals surface area contributed by atoms with Crippen molar-refractivity contribution in [2.75, 3.05) is 7.11 Å². The zero-order valence-corrected chi connectivity index (χ0v) is 11.0. The van der Waals surface area contributed by atoms with Crippen LogP contribution in [0.15, 0.2) is 44.3 Å². The first-order chi connectivity index (χ1) is 9.61. The number of nitrogens with zero attached hydrogens (tertiary/aromatic N) is 1. The van der Waals surface area contributed by atoms with E-state index in [1.165, 1.54) is 7.11 Å². The molecule has 1 aromatic carbocycles. The number of fused-ring (bicyclic) bond motifs is 1. The average molecular weight is 272 g/mol. The molecule has 0 saturated carbocycles. The molecule has 0 fully saturated rings. The smallest absolute Gasteiger partial charge is 0.335 e. The molecule has 0 aliphatic heterocycles. The minimum Gasteiger partial charge on any atom is -0.496 e. The predicted molar refractivity (Wildman–Crippen MR) is 73.7 cm³/mol. The lowest BCUT2D eigenvalue weighted by Crippen LogP contribution is -2.33. The van der Waals surface area contributed by atoms with Gasteiger partial charge in [-0.25, -0.2) is 4.79 Å². The summed E-state index contributed by atoms with van der Waals surface area (Å²) in [6.45, 7) is 1.74. The number of aromatic amines is 1. The number of methoxy groups -OCH3 is 1. The monoisotopic (exact) mass is 272 g/mol. The number of rotatable bonds is 2. The Morgan fingerprint density at radius 3 is 2.65 bits per heavy atom. The topological polar surface area (TPSA) is 77.2 Å². The third-order valence-electron chi connectivity index (χ3n) is 3.05. The molecule has 0 atom stereocenters. The zero-order chi connectivity index (χ0) is 14.3. The number of hydrogen-bond donors (Lipinski definition) is 1. The Hall–Kier alpha value is -2.76. The maximum atomic E-state index is 12.5. The molecule has 6 heteroatoms. The second-order valence-corrected chi connectivity index (χ2v) is 4.34. The van der Waals surface area contributed by atoms with Crippen LogP contribution in [0.1, 0.15) is 5.76 Å². The standard InChI is InChI=1S/C14H12N2O4/c1-8-6-7-11(20-8)16-13(17)12-9(15-14(16)18)4-3-5-10(12)19-2/h3-7H,1-2H3,(H,15,18). The number of H-pyrrole nitrogens is 1. The molecule has 1 N–H and O–H groups in total. The van der Waals surface area contributed by atoms with E-state index in [9.17, 15) is 9.59 Å². The van der Waals surface area contributed by atoms with Crippen LogP contribution in [0, 0.1) is 6.92 Å². The third-order valence-corrected chi connectivity index (χ3v) is 3.05. The van der Waals surface area contributed by atoms with Crippen LogP contribution in [0.2, 0.25) is 0 Å². The van der Waals surface area contributed by atoms with E-state index in [2.05, 4.69) is 4.98 Å². The summed E-state index contributed by atoms with van der Waals surface area (Å²) < 4.78 is 11.5. The van der Waals surface area contributed by atoms with Gasteiger partial charge in [0.05, 0.1) is 12.6 Å². The van der Waals surface area contributed by atoms with Crippen molar-refractivity contribution in [3.8, 4) is 11.6 Å². The third kappa shape index (κ3) is 1.73. The van der Waals surface area contributed by atoms with Crippen molar-refractivity contribution in [2.45, 2.75) is 6.92 Å². The number of benzene rings is 1. The van der Waals surface area contributed by atoms with Crippen LogP contribution in [-0.4, -0.2) is 16.7 Å². The van der Waals surface area contributed by atoms with Crippen LogP contribution in [0.4, 0.5) is 0 Å². The number of aromatic nitrogens is 2. The molecule has 3 aromatic rings. The van der Waals surface area contributed by atoms with Crippen molar-refractivity contribution < 1.29 is 9.15 Å². The van der Waals surface area contributed by atoms with Crippen molar-refractivity contribution in [3.05, 3.63) is 56.9 Å². The highest BCUT2D eigenvalue weighted by atomic mass is 16.5. The van der Waals surface area contributed by atoms with E-state index >= 15 is 0 Å². The van der Waals surface area contributed by atoms with Gasteiger partial charge in [-0.15, -0.1) is 0 Å². The van der Waals surface area contributed by atoms with Gasteiger partial charge >= 0.3 is 5.69 Å². The lowest BCUT2D eigenvalue weighted by Gasteiger charge is -2.06. The van der Waals surface area contributed by atoms with Crippen molar-refractivity contribution in [1.29, 1.82) is 0 Å². The van der Waals surface area contributed by atoms with E-state index in [1.54, 1.807) is 37.3 Å². The van der Waals surface area contributed by atoms with Gasteiger partial charge in [0, 0.05) is 6.07 Å². The molecular formula is C14H12N2O4.